The molecule has 0 radical (unpaired) electrons. The molecule has 1 heterocycles. The van der Waals surface area contributed by atoms with Crippen molar-refractivity contribution in [3.63, 3.8) is 0 Å². The summed E-state index contributed by atoms with van der Waals surface area (Å²) in [7, 11) is 7.24. The third-order valence-electron chi connectivity index (χ3n) is 4.24. The Morgan fingerprint density at radius 2 is 1.00 bits per heavy atom. The number of nitrogens with zero attached hydrogens (tertiary/aromatic N) is 2. The number of aromatic hydroxyl groups is 2. The van der Waals surface area contributed by atoms with Gasteiger partial charge in [0.25, 0.3) is 0 Å². The molecule has 128 valence electrons. The molecule has 2 aromatic rings. The molecule has 0 bridgehead atoms. The number of hydrogen-bond donors (Lipinski definition) is 2. The van der Waals surface area contributed by atoms with Crippen molar-refractivity contribution in [1.82, 2.24) is 9.80 Å². The van der Waals surface area contributed by atoms with Crippen LogP contribution in [0.1, 0.15) is 0 Å². The molecule has 0 unspecified atom stereocenters. The first-order valence-corrected chi connectivity index (χ1v) is 10.8. The molecular formula is C18H24N2O2P2. The van der Waals surface area contributed by atoms with Crippen LogP contribution in [0.4, 0.5) is 0 Å². The van der Waals surface area contributed by atoms with Gasteiger partial charge in [0, 0.05) is 10.6 Å². The van der Waals surface area contributed by atoms with Crippen LogP contribution in [0.25, 0.3) is 0 Å². The third kappa shape index (κ3) is 2.93. The van der Waals surface area contributed by atoms with E-state index >= 15 is 0 Å². The van der Waals surface area contributed by atoms with Gasteiger partial charge in [0.15, 0.2) is 0 Å². The second kappa shape index (κ2) is 6.98. The van der Waals surface area contributed by atoms with Gasteiger partial charge in [-0.15, -0.1) is 0 Å². The molecule has 0 spiro atoms. The molecule has 1 aliphatic rings. The van der Waals surface area contributed by atoms with Gasteiger partial charge in [-0.3, -0.25) is 9.80 Å². The van der Waals surface area contributed by atoms with E-state index in [4.69, 9.17) is 0 Å². The van der Waals surface area contributed by atoms with Crippen LogP contribution >= 0.6 is 15.8 Å². The lowest BCUT2D eigenvalue weighted by molar-refractivity contribution is 0.397. The molecule has 24 heavy (non-hydrogen) atoms. The Morgan fingerprint density at radius 3 is 1.29 bits per heavy atom. The molecule has 2 N–H and O–H groups in total. The van der Waals surface area contributed by atoms with E-state index < -0.39 is 15.8 Å². The molecule has 4 nitrogen and oxygen atoms in total. The number of para-hydroxylation sites is 2. The summed E-state index contributed by atoms with van der Waals surface area (Å²) in [5, 5.41) is 22.9. The quantitative estimate of drug-likeness (QED) is 0.821. The average molecular weight is 362 g/mol. The van der Waals surface area contributed by atoms with E-state index in [1.165, 1.54) is 0 Å². The minimum Gasteiger partial charge on any atom is -0.507 e. The molecule has 0 atom stereocenters. The first-order valence-electron chi connectivity index (χ1n) is 7.89. The SMILES string of the molecule is CN(C)C1P(c2ccccc2O)C(N(C)C)P1c1ccccc1O. The molecule has 1 aliphatic heterocycles. The van der Waals surface area contributed by atoms with Crippen LogP contribution in [0.2, 0.25) is 0 Å². The number of phenols is 2. The third-order valence-corrected chi connectivity index (χ3v) is 12.9. The second-order valence-electron chi connectivity index (χ2n) is 6.41. The molecule has 1 fully saturated rings. The normalized spacial score (nSPS) is 26.6. The Bertz CT molecular complexity index is 654. The van der Waals surface area contributed by atoms with Crippen molar-refractivity contribution in [3.8, 4) is 11.5 Å². The van der Waals surface area contributed by atoms with Crippen molar-refractivity contribution in [1.29, 1.82) is 0 Å². The molecule has 2 aromatic carbocycles. The zero-order valence-electron chi connectivity index (χ0n) is 14.5. The van der Waals surface area contributed by atoms with E-state index in [1.54, 1.807) is 12.1 Å². The van der Waals surface area contributed by atoms with Crippen LogP contribution in [-0.4, -0.2) is 59.3 Å². The fourth-order valence-corrected chi connectivity index (χ4v) is 12.1. The van der Waals surface area contributed by atoms with E-state index in [9.17, 15) is 10.2 Å². The summed E-state index contributed by atoms with van der Waals surface area (Å²) >= 11 is 0. The zero-order chi connectivity index (χ0) is 17.4. The van der Waals surface area contributed by atoms with Crippen molar-refractivity contribution in [2.75, 3.05) is 28.2 Å². The highest BCUT2D eigenvalue weighted by Crippen LogP contribution is 2.80. The first kappa shape index (κ1) is 17.6. The largest absolute Gasteiger partial charge is 0.507 e. The summed E-state index contributed by atoms with van der Waals surface area (Å²) < 4.78 is 0. The number of phenolic OH excluding ortho intramolecular Hbond substituents is 2. The Labute approximate surface area is 146 Å². The summed E-state index contributed by atoms with van der Waals surface area (Å²) in [5.41, 5.74) is 0.674. The summed E-state index contributed by atoms with van der Waals surface area (Å²) in [5.74, 6) is 0.767. The maximum atomic E-state index is 10.4. The Hall–Kier alpha value is -1.18. The van der Waals surface area contributed by atoms with Crippen LogP contribution in [0, 0.1) is 0 Å². The van der Waals surface area contributed by atoms with Crippen molar-refractivity contribution in [3.05, 3.63) is 48.5 Å². The minimum absolute atomic E-state index is 0.337. The fourth-order valence-electron chi connectivity index (χ4n) is 3.29. The van der Waals surface area contributed by atoms with Gasteiger partial charge in [-0.25, -0.2) is 0 Å². The zero-order valence-corrected chi connectivity index (χ0v) is 16.2. The van der Waals surface area contributed by atoms with Crippen LogP contribution in [0.5, 0.6) is 11.5 Å². The van der Waals surface area contributed by atoms with E-state index in [-0.39, 0.29) is 0 Å². The lowest BCUT2D eigenvalue weighted by atomic mass is 10.3. The molecule has 0 saturated carbocycles. The van der Waals surface area contributed by atoms with Gasteiger partial charge in [-0.05, 0) is 56.2 Å². The number of benzene rings is 2. The van der Waals surface area contributed by atoms with Gasteiger partial charge in [0.05, 0.1) is 11.0 Å². The number of rotatable bonds is 4. The standard InChI is InChI=1S/C18H24N2O2P2/c1-19(2)17-23(15-11-7-5-9-13(15)21)18(20(3)4)24(17)16-12-8-6-10-14(16)22/h5-12,17-18,21-22H,1-4H3. The molecule has 3 rings (SSSR count). The summed E-state index contributed by atoms with van der Waals surface area (Å²) in [6, 6.07) is 15.4. The van der Waals surface area contributed by atoms with Crippen molar-refractivity contribution in [2.45, 2.75) is 11.0 Å². The molecule has 6 heteroatoms. The first-order chi connectivity index (χ1) is 11.4. The van der Waals surface area contributed by atoms with E-state index in [0.717, 1.165) is 10.6 Å². The average Bonchev–Trinajstić information content (AvgIpc) is 2.49. The maximum absolute atomic E-state index is 10.4. The van der Waals surface area contributed by atoms with Crippen LogP contribution in [-0.2, 0) is 0 Å². The van der Waals surface area contributed by atoms with E-state index in [2.05, 4.69) is 38.0 Å². The van der Waals surface area contributed by atoms with Crippen LogP contribution in [0.15, 0.2) is 48.5 Å². The van der Waals surface area contributed by atoms with Crippen LogP contribution < -0.4 is 10.6 Å². The van der Waals surface area contributed by atoms with Gasteiger partial charge in [-0.1, -0.05) is 36.4 Å². The predicted octanol–water partition coefficient (Wildman–Crippen LogP) is 2.72. The highest BCUT2D eigenvalue weighted by molar-refractivity contribution is 7.99. The van der Waals surface area contributed by atoms with E-state index in [0.29, 0.717) is 22.5 Å². The molecule has 0 amide bonds. The van der Waals surface area contributed by atoms with Crippen molar-refractivity contribution >= 4 is 26.5 Å². The number of hydrogen-bond acceptors (Lipinski definition) is 4. The second-order valence-corrected chi connectivity index (χ2v) is 11.8. The molecule has 0 aromatic heterocycles. The minimum atomic E-state index is -0.575. The highest BCUT2D eigenvalue weighted by atomic mass is 31.2. The molecule has 0 aliphatic carbocycles. The van der Waals surface area contributed by atoms with Gasteiger partial charge >= 0.3 is 0 Å². The Morgan fingerprint density at radius 1 is 0.667 bits per heavy atom. The van der Waals surface area contributed by atoms with Crippen LogP contribution in [0.3, 0.4) is 0 Å². The van der Waals surface area contributed by atoms with Gasteiger partial charge in [0.2, 0.25) is 0 Å². The van der Waals surface area contributed by atoms with Crippen molar-refractivity contribution < 1.29 is 10.2 Å². The molecular weight excluding hydrogens is 338 g/mol. The highest BCUT2D eigenvalue weighted by Gasteiger charge is 2.54. The van der Waals surface area contributed by atoms with Gasteiger partial charge < -0.3 is 10.2 Å². The Balaban J connectivity index is 2.08. The van der Waals surface area contributed by atoms with E-state index in [1.807, 2.05) is 36.4 Å². The van der Waals surface area contributed by atoms with Gasteiger partial charge in [0.1, 0.15) is 11.5 Å². The Kier molecular flexibility index (Phi) is 5.13. The summed E-state index contributed by atoms with van der Waals surface area (Å²) in [4.78, 5) is 4.52. The fraction of sp³-hybridized carbons (Fsp3) is 0.333. The summed E-state index contributed by atoms with van der Waals surface area (Å²) in [6.07, 6.45) is 0. The van der Waals surface area contributed by atoms with Gasteiger partial charge in [-0.2, -0.15) is 0 Å². The lowest BCUT2D eigenvalue weighted by Gasteiger charge is -2.57. The van der Waals surface area contributed by atoms with Crippen molar-refractivity contribution in [2.24, 2.45) is 0 Å². The summed E-state index contributed by atoms with van der Waals surface area (Å²) in [6.45, 7) is 0. The smallest absolute Gasteiger partial charge is 0.123 e. The molecule has 1 saturated heterocycles. The topological polar surface area (TPSA) is 46.9 Å². The predicted molar refractivity (Wildman–Crippen MR) is 104 cm³/mol. The lowest BCUT2D eigenvalue weighted by Crippen LogP contribution is -2.49. The maximum Gasteiger partial charge on any atom is 0.123 e. The monoisotopic (exact) mass is 362 g/mol.